The van der Waals surface area contributed by atoms with E-state index in [1.165, 1.54) is 11.8 Å². The van der Waals surface area contributed by atoms with Crippen LogP contribution in [0.4, 0.5) is 0 Å². The molecule has 0 saturated carbocycles. The second-order valence-corrected chi connectivity index (χ2v) is 6.29. The van der Waals surface area contributed by atoms with E-state index in [0.717, 1.165) is 4.90 Å². The topological polar surface area (TPSA) is 71.3 Å². The van der Waals surface area contributed by atoms with Crippen molar-refractivity contribution in [1.29, 1.82) is 0 Å². The van der Waals surface area contributed by atoms with Gasteiger partial charge in [-0.1, -0.05) is 12.1 Å². The van der Waals surface area contributed by atoms with Crippen molar-refractivity contribution in [3.63, 3.8) is 0 Å². The van der Waals surface area contributed by atoms with Gasteiger partial charge in [-0.25, -0.2) is 0 Å². The molecule has 23 heavy (non-hydrogen) atoms. The lowest BCUT2D eigenvalue weighted by molar-refractivity contribution is -0.119. The van der Waals surface area contributed by atoms with Crippen molar-refractivity contribution in [2.75, 3.05) is 5.75 Å². The monoisotopic (exact) mass is 332 g/mol. The first-order valence-electron chi connectivity index (χ1n) is 7.38. The fourth-order valence-corrected chi connectivity index (χ4v) is 2.82. The predicted molar refractivity (Wildman–Crippen MR) is 90.3 cm³/mol. The molecule has 1 aromatic carbocycles. The first kappa shape index (κ1) is 17.1. The average molecular weight is 332 g/mol. The predicted octanol–water partition coefficient (Wildman–Crippen LogP) is 2.83. The zero-order chi connectivity index (χ0) is 16.7. The first-order chi connectivity index (χ1) is 11.1. The molecule has 0 bridgehead atoms. The molecule has 0 aliphatic carbocycles. The summed E-state index contributed by atoms with van der Waals surface area (Å²) < 4.78 is 5.19. The minimum Gasteiger partial charge on any atom is -0.467 e. The standard InChI is InChI=1S/C17H20N2O3S/c1-12(2)19-16(20)11-23-15-8-4-3-7-14(15)17(21)18-10-13-6-5-9-22-13/h3-9,12H,10-11H2,1-2H3,(H,18,21)(H,19,20). The molecule has 1 aromatic heterocycles. The van der Waals surface area contributed by atoms with Crippen LogP contribution in [-0.2, 0) is 11.3 Å². The summed E-state index contributed by atoms with van der Waals surface area (Å²) in [5, 5.41) is 5.65. The third-order valence-corrected chi connectivity index (χ3v) is 4.02. The lowest BCUT2D eigenvalue weighted by Crippen LogP contribution is -2.31. The Bertz CT molecular complexity index is 654. The zero-order valence-electron chi connectivity index (χ0n) is 13.2. The van der Waals surface area contributed by atoms with Gasteiger partial charge in [-0.15, -0.1) is 11.8 Å². The summed E-state index contributed by atoms with van der Waals surface area (Å²) in [6, 6.07) is 10.9. The highest BCUT2D eigenvalue weighted by molar-refractivity contribution is 8.00. The van der Waals surface area contributed by atoms with E-state index in [1.807, 2.05) is 26.0 Å². The maximum absolute atomic E-state index is 12.3. The Kier molecular flexibility index (Phi) is 6.29. The van der Waals surface area contributed by atoms with Gasteiger partial charge in [0.2, 0.25) is 5.91 Å². The lowest BCUT2D eigenvalue weighted by atomic mass is 10.2. The van der Waals surface area contributed by atoms with Crippen molar-refractivity contribution < 1.29 is 14.0 Å². The fourth-order valence-electron chi connectivity index (χ4n) is 1.96. The Morgan fingerprint density at radius 3 is 2.65 bits per heavy atom. The largest absolute Gasteiger partial charge is 0.467 e. The summed E-state index contributed by atoms with van der Waals surface area (Å²) in [5.41, 5.74) is 0.557. The lowest BCUT2D eigenvalue weighted by Gasteiger charge is -2.11. The van der Waals surface area contributed by atoms with Crippen molar-refractivity contribution in [3.05, 3.63) is 54.0 Å². The second-order valence-electron chi connectivity index (χ2n) is 5.27. The molecule has 0 fully saturated rings. The van der Waals surface area contributed by atoms with Crippen LogP contribution in [0.25, 0.3) is 0 Å². The quantitative estimate of drug-likeness (QED) is 0.765. The van der Waals surface area contributed by atoms with E-state index < -0.39 is 0 Å². The Hall–Kier alpha value is -2.21. The van der Waals surface area contributed by atoms with Crippen molar-refractivity contribution in [2.45, 2.75) is 31.3 Å². The van der Waals surface area contributed by atoms with E-state index in [2.05, 4.69) is 10.6 Å². The Morgan fingerprint density at radius 1 is 1.17 bits per heavy atom. The third-order valence-electron chi connectivity index (χ3n) is 2.94. The van der Waals surface area contributed by atoms with Crippen molar-refractivity contribution in [2.24, 2.45) is 0 Å². The van der Waals surface area contributed by atoms with E-state index >= 15 is 0 Å². The van der Waals surface area contributed by atoms with Crippen LogP contribution in [0.3, 0.4) is 0 Å². The van der Waals surface area contributed by atoms with Gasteiger partial charge in [0.25, 0.3) is 5.91 Å². The van der Waals surface area contributed by atoms with Gasteiger partial charge in [0, 0.05) is 10.9 Å². The molecule has 1 heterocycles. The Morgan fingerprint density at radius 2 is 1.96 bits per heavy atom. The molecule has 5 nitrogen and oxygen atoms in total. The molecule has 0 aliphatic rings. The third kappa shape index (κ3) is 5.49. The van der Waals surface area contributed by atoms with Crippen LogP contribution >= 0.6 is 11.8 Å². The van der Waals surface area contributed by atoms with Crippen LogP contribution in [0, 0.1) is 0 Å². The van der Waals surface area contributed by atoms with E-state index in [4.69, 9.17) is 4.42 Å². The van der Waals surface area contributed by atoms with Gasteiger partial charge in [0.15, 0.2) is 0 Å². The minimum absolute atomic E-state index is 0.0456. The maximum Gasteiger partial charge on any atom is 0.252 e. The van der Waals surface area contributed by atoms with Crippen molar-refractivity contribution in [3.8, 4) is 0 Å². The van der Waals surface area contributed by atoms with E-state index in [1.54, 1.807) is 30.5 Å². The Balaban J connectivity index is 1.96. The molecule has 0 saturated heterocycles. The molecule has 0 unspecified atom stereocenters. The molecule has 2 aromatic rings. The van der Waals surface area contributed by atoms with Gasteiger partial charge < -0.3 is 15.1 Å². The number of rotatable bonds is 7. The summed E-state index contributed by atoms with van der Waals surface area (Å²) in [4.78, 5) is 24.8. The smallest absolute Gasteiger partial charge is 0.252 e. The molecular weight excluding hydrogens is 312 g/mol. The molecule has 0 aliphatic heterocycles. The summed E-state index contributed by atoms with van der Waals surface area (Å²) in [6.45, 7) is 4.16. The summed E-state index contributed by atoms with van der Waals surface area (Å²) in [5.74, 6) is 0.741. The fraction of sp³-hybridized carbons (Fsp3) is 0.294. The molecule has 0 radical (unpaired) electrons. The molecule has 2 N–H and O–H groups in total. The van der Waals surface area contributed by atoms with Gasteiger partial charge in [0.1, 0.15) is 5.76 Å². The molecule has 122 valence electrons. The van der Waals surface area contributed by atoms with Crippen LogP contribution < -0.4 is 10.6 Å². The average Bonchev–Trinajstić information content (AvgIpc) is 3.03. The molecule has 0 spiro atoms. The highest BCUT2D eigenvalue weighted by Crippen LogP contribution is 2.22. The number of carbonyl (C=O) groups is 2. The highest BCUT2D eigenvalue weighted by atomic mass is 32.2. The van der Waals surface area contributed by atoms with Crippen LogP contribution in [0.5, 0.6) is 0 Å². The Labute approximate surface area is 139 Å². The van der Waals surface area contributed by atoms with E-state index in [9.17, 15) is 9.59 Å². The van der Waals surface area contributed by atoms with Crippen LogP contribution in [0.2, 0.25) is 0 Å². The second kappa shape index (κ2) is 8.43. The number of furan rings is 1. The number of benzene rings is 1. The molecule has 6 heteroatoms. The minimum atomic E-state index is -0.186. The van der Waals surface area contributed by atoms with Gasteiger partial charge in [-0.2, -0.15) is 0 Å². The molecule has 2 rings (SSSR count). The SMILES string of the molecule is CC(C)NC(=O)CSc1ccccc1C(=O)NCc1ccco1. The van der Waals surface area contributed by atoms with Crippen LogP contribution in [-0.4, -0.2) is 23.6 Å². The van der Waals surface area contributed by atoms with Gasteiger partial charge in [0.05, 0.1) is 24.1 Å². The van der Waals surface area contributed by atoms with Gasteiger partial charge >= 0.3 is 0 Å². The van der Waals surface area contributed by atoms with Crippen LogP contribution in [0.1, 0.15) is 30.0 Å². The number of nitrogens with one attached hydrogen (secondary N) is 2. The number of thioether (sulfide) groups is 1. The molecule has 2 amide bonds. The zero-order valence-corrected chi connectivity index (χ0v) is 14.0. The van der Waals surface area contributed by atoms with E-state index in [-0.39, 0.29) is 23.6 Å². The number of hydrogen-bond donors (Lipinski definition) is 2. The molecular formula is C17H20N2O3S. The van der Waals surface area contributed by atoms with Gasteiger partial charge in [-0.05, 0) is 38.1 Å². The number of carbonyl (C=O) groups excluding carboxylic acids is 2. The number of amides is 2. The van der Waals surface area contributed by atoms with Crippen LogP contribution in [0.15, 0.2) is 52.0 Å². The normalized spacial score (nSPS) is 10.6. The number of hydrogen-bond acceptors (Lipinski definition) is 4. The van der Waals surface area contributed by atoms with Crippen molar-refractivity contribution >= 4 is 23.6 Å². The first-order valence-corrected chi connectivity index (χ1v) is 8.36. The van der Waals surface area contributed by atoms with Crippen molar-refractivity contribution in [1.82, 2.24) is 10.6 Å². The summed E-state index contributed by atoms with van der Waals surface area (Å²) >= 11 is 1.35. The highest BCUT2D eigenvalue weighted by Gasteiger charge is 2.13. The summed E-state index contributed by atoms with van der Waals surface area (Å²) in [7, 11) is 0. The maximum atomic E-state index is 12.3. The summed E-state index contributed by atoms with van der Waals surface area (Å²) in [6.07, 6.45) is 1.57. The van der Waals surface area contributed by atoms with E-state index in [0.29, 0.717) is 17.9 Å². The molecule has 0 atom stereocenters. The van der Waals surface area contributed by atoms with Gasteiger partial charge in [-0.3, -0.25) is 9.59 Å².